The van der Waals surface area contributed by atoms with Crippen molar-refractivity contribution in [2.75, 3.05) is 6.54 Å². The monoisotopic (exact) mass is 235 g/mol. The highest BCUT2D eigenvalue weighted by Gasteiger charge is 2.15. The number of nitrogens with zero attached hydrogens (tertiary/aromatic N) is 2. The molecule has 0 radical (unpaired) electrons. The standard InChI is InChI=1S/C14H25N3/c1-5-8-16-14(10-11(3)6-2)13-7-9-15-12(4)17-13/h7,9,11,14,16H,5-6,8,10H2,1-4H3. The second-order valence-electron chi connectivity index (χ2n) is 4.78. The predicted molar refractivity (Wildman–Crippen MR) is 71.9 cm³/mol. The van der Waals surface area contributed by atoms with E-state index in [1.165, 1.54) is 6.42 Å². The van der Waals surface area contributed by atoms with Crippen molar-refractivity contribution >= 4 is 0 Å². The third kappa shape index (κ3) is 4.82. The maximum absolute atomic E-state index is 4.54. The van der Waals surface area contributed by atoms with Gasteiger partial charge in [-0.15, -0.1) is 0 Å². The van der Waals surface area contributed by atoms with E-state index in [2.05, 4.69) is 36.1 Å². The molecule has 0 fully saturated rings. The fraction of sp³-hybridized carbons (Fsp3) is 0.714. The molecular weight excluding hydrogens is 210 g/mol. The lowest BCUT2D eigenvalue weighted by Gasteiger charge is -2.21. The van der Waals surface area contributed by atoms with Crippen molar-refractivity contribution in [3.05, 3.63) is 23.8 Å². The summed E-state index contributed by atoms with van der Waals surface area (Å²) in [7, 11) is 0. The Morgan fingerprint density at radius 3 is 2.71 bits per heavy atom. The van der Waals surface area contributed by atoms with E-state index in [-0.39, 0.29) is 0 Å². The Morgan fingerprint density at radius 2 is 2.12 bits per heavy atom. The normalized spacial score (nSPS) is 14.6. The van der Waals surface area contributed by atoms with Gasteiger partial charge in [0.2, 0.25) is 0 Å². The molecule has 17 heavy (non-hydrogen) atoms. The molecular formula is C14H25N3. The minimum absolute atomic E-state index is 0.367. The van der Waals surface area contributed by atoms with Crippen LogP contribution in [0.3, 0.4) is 0 Å². The highest BCUT2D eigenvalue weighted by Crippen LogP contribution is 2.21. The molecule has 0 saturated heterocycles. The van der Waals surface area contributed by atoms with Gasteiger partial charge in [0.1, 0.15) is 5.82 Å². The Kier molecular flexibility index (Phi) is 6.12. The average molecular weight is 235 g/mol. The lowest BCUT2D eigenvalue weighted by molar-refractivity contribution is 0.395. The van der Waals surface area contributed by atoms with Crippen LogP contribution in [0.25, 0.3) is 0 Å². The molecule has 1 rings (SSSR count). The van der Waals surface area contributed by atoms with Gasteiger partial charge in [0, 0.05) is 12.2 Å². The maximum Gasteiger partial charge on any atom is 0.125 e. The molecule has 1 aromatic heterocycles. The zero-order valence-corrected chi connectivity index (χ0v) is 11.5. The highest BCUT2D eigenvalue weighted by molar-refractivity contribution is 5.07. The Balaban J connectivity index is 2.74. The fourth-order valence-corrected chi connectivity index (χ4v) is 1.86. The smallest absolute Gasteiger partial charge is 0.125 e. The summed E-state index contributed by atoms with van der Waals surface area (Å²) >= 11 is 0. The van der Waals surface area contributed by atoms with E-state index in [1.54, 1.807) is 0 Å². The van der Waals surface area contributed by atoms with Crippen LogP contribution in [0, 0.1) is 12.8 Å². The number of rotatable bonds is 7. The molecule has 1 aromatic rings. The predicted octanol–water partition coefficient (Wildman–Crippen LogP) is 3.26. The third-order valence-electron chi connectivity index (χ3n) is 3.13. The van der Waals surface area contributed by atoms with Gasteiger partial charge in [-0.3, -0.25) is 0 Å². The summed E-state index contributed by atoms with van der Waals surface area (Å²) in [6, 6.07) is 2.40. The largest absolute Gasteiger partial charge is 0.309 e. The van der Waals surface area contributed by atoms with E-state index >= 15 is 0 Å². The van der Waals surface area contributed by atoms with Crippen molar-refractivity contribution in [1.82, 2.24) is 15.3 Å². The lowest BCUT2D eigenvalue weighted by atomic mass is 9.97. The van der Waals surface area contributed by atoms with Crippen LogP contribution in [0.1, 0.15) is 57.6 Å². The molecule has 0 aliphatic rings. The SMILES string of the molecule is CCCNC(CC(C)CC)c1ccnc(C)n1. The van der Waals surface area contributed by atoms with E-state index in [0.29, 0.717) is 6.04 Å². The minimum Gasteiger partial charge on any atom is -0.309 e. The first kappa shape index (κ1) is 14.1. The van der Waals surface area contributed by atoms with Crippen LogP contribution in [0.5, 0.6) is 0 Å². The fourth-order valence-electron chi connectivity index (χ4n) is 1.86. The lowest BCUT2D eigenvalue weighted by Crippen LogP contribution is -2.25. The van der Waals surface area contributed by atoms with Crippen LogP contribution in [-0.2, 0) is 0 Å². The summed E-state index contributed by atoms with van der Waals surface area (Å²) in [4.78, 5) is 8.70. The van der Waals surface area contributed by atoms with Crippen molar-refractivity contribution in [1.29, 1.82) is 0 Å². The molecule has 0 aliphatic heterocycles. The summed E-state index contributed by atoms with van der Waals surface area (Å²) in [5.41, 5.74) is 1.13. The number of aryl methyl sites for hydroxylation is 1. The van der Waals surface area contributed by atoms with Gasteiger partial charge in [0.25, 0.3) is 0 Å². The minimum atomic E-state index is 0.367. The van der Waals surface area contributed by atoms with Crippen molar-refractivity contribution < 1.29 is 0 Å². The molecule has 0 spiro atoms. The van der Waals surface area contributed by atoms with Crippen molar-refractivity contribution in [2.24, 2.45) is 5.92 Å². The molecule has 2 atom stereocenters. The van der Waals surface area contributed by atoms with Crippen LogP contribution in [0.4, 0.5) is 0 Å². The van der Waals surface area contributed by atoms with Gasteiger partial charge in [-0.25, -0.2) is 9.97 Å². The van der Waals surface area contributed by atoms with Crippen molar-refractivity contribution in [2.45, 2.75) is 53.0 Å². The summed E-state index contributed by atoms with van der Waals surface area (Å²) in [5.74, 6) is 1.58. The zero-order valence-electron chi connectivity index (χ0n) is 11.5. The van der Waals surface area contributed by atoms with Gasteiger partial charge in [-0.2, -0.15) is 0 Å². The molecule has 0 aromatic carbocycles. The average Bonchev–Trinajstić information content (AvgIpc) is 2.34. The zero-order chi connectivity index (χ0) is 12.7. The first-order chi connectivity index (χ1) is 8.17. The van der Waals surface area contributed by atoms with Gasteiger partial charge in [-0.1, -0.05) is 27.2 Å². The van der Waals surface area contributed by atoms with Crippen LogP contribution in [0.15, 0.2) is 12.3 Å². The molecule has 0 bridgehead atoms. The summed E-state index contributed by atoms with van der Waals surface area (Å²) in [6.07, 6.45) is 5.37. The van der Waals surface area contributed by atoms with Gasteiger partial charge in [0.15, 0.2) is 0 Å². The summed E-state index contributed by atoms with van der Waals surface area (Å²) in [5, 5.41) is 3.59. The number of hydrogen-bond donors (Lipinski definition) is 1. The highest BCUT2D eigenvalue weighted by atomic mass is 15.0. The van der Waals surface area contributed by atoms with Gasteiger partial charge < -0.3 is 5.32 Å². The first-order valence-corrected chi connectivity index (χ1v) is 6.70. The third-order valence-corrected chi connectivity index (χ3v) is 3.13. The van der Waals surface area contributed by atoms with Crippen LogP contribution < -0.4 is 5.32 Å². The second kappa shape index (κ2) is 7.38. The van der Waals surface area contributed by atoms with E-state index in [4.69, 9.17) is 0 Å². The quantitative estimate of drug-likeness (QED) is 0.788. The van der Waals surface area contributed by atoms with Gasteiger partial charge in [0.05, 0.1) is 5.69 Å². The van der Waals surface area contributed by atoms with Crippen LogP contribution in [0.2, 0.25) is 0 Å². The van der Waals surface area contributed by atoms with Gasteiger partial charge in [-0.05, 0) is 38.3 Å². The Bertz CT molecular complexity index is 325. The second-order valence-corrected chi connectivity index (χ2v) is 4.78. The molecule has 2 unspecified atom stereocenters. The Labute approximate surface area is 105 Å². The molecule has 1 heterocycles. The summed E-state index contributed by atoms with van der Waals surface area (Å²) in [6.45, 7) is 9.73. The van der Waals surface area contributed by atoms with Crippen molar-refractivity contribution in [3.8, 4) is 0 Å². The molecule has 0 saturated carbocycles. The molecule has 96 valence electrons. The number of hydrogen-bond acceptors (Lipinski definition) is 3. The van der Waals surface area contributed by atoms with Crippen LogP contribution in [-0.4, -0.2) is 16.5 Å². The van der Waals surface area contributed by atoms with Gasteiger partial charge >= 0.3 is 0 Å². The molecule has 1 N–H and O–H groups in total. The van der Waals surface area contributed by atoms with E-state index in [0.717, 1.165) is 36.8 Å². The number of nitrogens with one attached hydrogen (secondary N) is 1. The molecule has 3 nitrogen and oxygen atoms in total. The number of aromatic nitrogens is 2. The maximum atomic E-state index is 4.54. The first-order valence-electron chi connectivity index (χ1n) is 6.70. The van der Waals surface area contributed by atoms with Crippen LogP contribution >= 0.6 is 0 Å². The van der Waals surface area contributed by atoms with E-state index < -0.39 is 0 Å². The summed E-state index contributed by atoms with van der Waals surface area (Å²) < 4.78 is 0. The molecule has 3 heteroatoms. The van der Waals surface area contributed by atoms with Crippen molar-refractivity contribution in [3.63, 3.8) is 0 Å². The molecule has 0 amide bonds. The topological polar surface area (TPSA) is 37.8 Å². The Morgan fingerprint density at radius 1 is 1.35 bits per heavy atom. The van der Waals surface area contributed by atoms with E-state index in [9.17, 15) is 0 Å². The molecule has 0 aliphatic carbocycles. The Hall–Kier alpha value is -0.960. The van der Waals surface area contributed by atoms with E-state index in [1.807, 2.05) is 19.2 Å².